The van der Waals surface area contributed by atoms with Crippen molar-refractivity contribution in [2.24, 2.45) is 0 Å². The highest BCUT2D eigenvalue weighted by atomic mass is 13.9. The molecule has 0 saturated heterocycles. The van der Waals surface area contributed by atoms with E-state index in [1.54, 1.807) is 0 Å². The Kier molecular flexibility index (Phi) is 6.64. The van der Waals surface area contributed by atoms with E-state index in [-0.39, 0.29) is 0 Å². The average molecular weight is 201 g/mol. The molecule has 0 unspecified atom stereocenters. The Morgan fingerprint density at radius 1 is 0.933 bits per heavy atom. The standard InChI is InChI=1S/C15H21/c1-2-3-4-5-6-7-9-12-15-13-10-8-11-14-15/h3,6-8,10-11,13-14H,2,4-5,9,12H2,1H3. The van der Waals surface area contributed by atoms with Crippen molar-refractivity contribution >= 4 is 0 Å². The summed E-state index contributed by atoms with van der Waals surface area (Å²) >= 11 is 0. The third kappa shape index (κ3) is 6.11. The van der Waals surface area contributed by atoms with Crippen molar-refractivity contribution in [3.05, 3.63) is 54.5 Å². The van der Waals surface area contributed by atoms with Crippen LogP contribution < -0.4 is 0 Å². The molecule has 0 N–H and O–H groups in total. The molecule has 1 rings (SSSR count). The number of unbranched alkanes of at least 4 members (excludes halogenated alkanes) is 3. The molecular weight excluding hydrogens is 180 g/mol. The molecule has 0 fully saturated rings. The average Bonchev–Trinajstić information content (AvgIpc) is 2.29. The molecule has 0 atom stereocenters. The number of rotatable bonds is 7. The van der Waals surface area contributed by atoms with E-state index in [4.69, 9.17) is 0 Å². The summed E-state index contributed by atoms with van der Waals surface area (Å²) in [7, 11) is 0. The fourth-order valence-corrected chi connectivity index (χ4v) is 1.55. The summed E-state index contributed by atoms with van der Waals surface area (Å²) in [6.07, 6.45) is 12.9. The normalized spacial score (nSPS) is 11.0. The van der Waals surface area contributed by atoms with Gasteiger partial charge < -0.3 is 0 Å². The fraction of sp³-hybridized carbons (Fsp3) is 0.400. The zero-order chi connectivity index (χ0) is 10.8. The van der Waals surface area contributed by atoms with Crippen LogP contribution in [-0.2, 0) is 6.42 Å². The van der Waals surface area contributed by atoms with Crippen LogP contribution in [0.2, 0.25) is 0 Å². The molecule has 0 amide bonds. The number of hydrogen-bond acceptors (Lipinski definition) is 0. The lowest BCUT2D eigenvalue weighted by Crippen LogP contribution is -1.81. The van der Waals surface area contributed by atoms with Crippen LogP contribution in [0, 0.1) is 6.42 Å². The molecule has 0 saturated carbocycles. The maximum Gasteiger partial charge on any atom is -0.0244 e. The number of allylic oxidation sites excluding steroid dienone is 2. The molecule has 0 nitrogen and oxygen atoms in total. The molecule has 0 heteroatoms. The predicted octanol–water partition coefficient (Wildman–Crippen LogP) is 4.57. The smallest absolute Gasteiger partial charge is 0.0244 e. The van der Waals surface area contributed by atoms with Gasteiger partial charge in [-0.1, -0.05) is 55.8 Å². The second-order valence-corrected chi connectivity index (χ2v) is 3.77. The van der Waals surface area contributed by atoms with Crippen molar-refractivity contribution in [3.63, 3.8) is 0 Å². The minimum atomic E-state index is 1.16. The van der Waals surface area contributed by atoms with Gasteiger partial charge in [-0.3, -0.25) is 0 Å². The van der Waals surface area contributed by atoms with Crippen molar-refractivity contribution in [3.8, 4) is 0 Å². The molecule has 1 aromatic rings. The summed E-state index contributed by atoms with van der Waals surface area (Å²) in [6.45, 7) is 2.19. The molecule has 0 heterocycles. The van der Waals surface area contributed by atoms with Gasteiger partial charge in [0.25, 0.3) is 0 Å². The predicted molar refractivity (Wildman–Crippen MR) is 67.7 cm³/mol. The highest BCUT2D eigenvalue weighted by Crippen LogP contribution is 2.04. The van der Waals surface area contributed by atoms with Crippen LogP contribution in [0.5, 0.6) is 0 Å². The third-order valence-corrected chi connectivity index (χ3v) is 2.44. The van der Waals surface area contributed by atoms with Gasteiger partial charge in [0.1, 0.15) is 0 Å². The van der Waals surface area contributed by atoms with E-state index >= 15 is 0 Å². The molecule has 0 aromatic heterocycles. The summed E-state index contributed by atoms with van der Waals surface area (Å²) in [5.41, 5.74) is 1.43. The van der Waals surface area contributed by atoms with Gasteiger partial charge in [-0.25, -0.2) is 0 Å². The Bertz CT molecular complexity index is 259. The fourth-order valence-electron chi connectivity index (χ4n) is 1.55. The highest BCUT2D eigenvalue weighted by molar-refractivity contribution is 5.15. The van der Waals surface area contributed by atoms with Gasteiger partial charge in [-0.15, -0.1) is 0 Å². The second kappa shape index (κ2) is 8.28. The SMILES string of the molecule is CC[CH]CCC=CCCc1ccccc1. The second-order valence-electron chi connectivity index (χ2n) is 3.77. The van der Waals surface area contributed by atoms with Gasteiger partial charge in [0.05, 0.1) is 0 Å². The molecule has 0 bridgehead atoms. The molecule has 0 aliphatic rings. The monoisotopic (exact) mass is 201 g/mol. The van der Waals surface area contributed by atoms with Gasteiger partial charge in [0.15, 0.2) is 0 Å². The minimum absolute atomic E-state index is 1.16. The zero-order valence-electron chi connectivity index (χ0n) is 9.65. The quantitative estimate of drug-likeness (QED) is 0.448. The van der Waals surface area contributed by atoms with Crippen LogP contribution in [-0.4, -0.2) is 0 Å². The lowest BCUT2D eigenvalue weighted by atomic mass is 10.1. The number of aryl methyl sites for hydroxylation is 1. The van der Waals surface area contributed by atoms with Crippen molar-refractivity contribution < 1.29 is 0 Å². The molecule has 15 heavy (non-hydrogen) atoms. The van der Waals surface area contributed by atoms with Gasteiger partial charge in [0, 0.05) is 0 Å². The molecule has 0 spiro atoms. The van der Waals surface area contributed by atoms with E-state index in [1.165, 1.54) is 24.8 Å². The van der Waals surface area contributed by atoms with Gasteiger partial charge in [-0.05, 0) is 37.7 Å². The summed E-state index contributed by atoms with van der Waals surface area (Å²) in [5, 5.41) is 0. The molecule has 0 aliphatic carbocycles. The Morgan fingerprint density at radius 2 is 1.67 bits per heavy atom. The lowest BCUT2D eigenvalue weighted by Gasteiger charge is -1.96. The van der Waals surface area contributed by atoms with Crippen LogP contribution in [0.1, 0.15) is 38.2 Å². The van der Waals surface area contributed by atoms with E-state index in [1.807, 2.05) is 0 Å². The van der Waals surface area contributed by atoms with Gasteiger partial charge >= 0.3 is 0 Å². The summed E-state index contributed by atoms with van der Waals surface area (Å²) in [6, 6.07) is 10.7. The topological polar surface area (TPSA) is 0 Å². The van der Waals surface area contributed by atoms with E-state index in [0.717, 1.165) is 12.8 Å². The zero-order valence-corrected chi connectivity index (χ0v) is 9.65. The van der Waals surface area contributed by atoms with Gasteiger partial charge in [0.2, 0.25) is 0 Å². The maximum absolute atomic E-state index is 2.33. The maximum atomic E-state index is 2.33. The number of benzene rings is 1. The minimum Gasteiger partial charge on any atom is -0.0885 e. The van der Waals surface area contributed by atoms with Crippen LogP contribution in [0.4, 0.5) is 0 Å². The molecular formula is C15H21. The summed E-state index contributed by atoms with van der Waals surface area (Å²) in [5.74, 6) is 0. The first-order valence-electron chi connectivity index (χ1n) is 5.94. The van der Waals surface area contributed by atoms with Crippen LogP contribution in [0.25, 0.3) is 0 Å². The highest BCUT2D eigenvalue weighted by Gasteiger charge is 1.88. The first kappa shape index (κ1) is 12.0. The van der Waals surface area contributed by atoms with Crippen molar-refractivity contribution in [2.75, 3.05) is 0 Å². The van der Waals surface area contributed by atoms with Crippen LogP contribution in [0.3, 0.4) is 0 Å². The van der Waals surface area contributed by atoms with E-state index < -0.39 is 0 Å². The molecule has 0 aliphatic heterocycles. The lowest BCUT2D eigenvalue weighted by molar-refractivity contribution is 0.893. The summed E-state index contributed by atoms with van der Waals surface area (Å²) in [4.78, 5) is 0. The molecule has 1 aromatic carbocycles. The Hall–Kier alpha value is -1.04. The van der Waals surface area contributed by atoms with Crippen LogP contribution in [0.15, 0.2) is 42.5 Å². The van der Waals surface area contributed by atoms with E-state index in [0.29, 0.717) is 0 Å². The van der Waals surface area contributed by atoms with Crippen LogP contribution >= 0.6 is 0 Å². The van der Waals surface area contributed by atoms with Crippen molar-refractivity contribution in [1.29, 1.82) is 0 Å². The molecule has 1 radical (unpaired) electrons. The largest absolute Gasteiger partial charge is 0.0885 e. The first-order valence-corrected chi connectivity index (χ1v) is 5.94. The van der Waals surface area contributed by atoms with Crippen molar-refractivity contribution in [1.82, 2.24) is 0 Å². The Morgan fingerprint density at radius 3 is 2.40 bits per heavy atom. The van der Waals surface area contributed by atoms with Crippen molar-refractivity contribution in [2.45, 2.75) is 39.0 Å². The van der Waals surface area contributed by atoms with E-state index in [2.05, 4.69) is 55.8 Å². The third-order valence-electron chi connectivity index (χ3n) is 2.44. The number of hydrogen-bond donors (Lipinski definition) is 0. The summed E-state index contributed by atoms with van der Waals surface area (Å²) < 4.78 is 0. The Labute approximate surface area is 94.0 Å². The van der Waals surface area contributed by atoms with Gasteiger partial charge in [-0.2, -0.15) is 0 Å². The molecule has 81 valence electrons. The Balaban J connectivity index is 2.06. The van der Waals surface area contributed by atoms with E-state index in [9.17, 15) is 0 Å². The first-order chi connectivity index (χ1) is 7.43.